The summed E-state index contributed by atoms with van der Waals surface area (Å²) in [5, 5.41) is 3.26. The quantitative estimate of drug-likeness (QED) is 0.290. The smallest absolute Gasteiger partial charge is 0.273 e. The molecule has 0 spiro atoms. The summed E-state index contributed by atoms with van der Waals surface area (Å²) >= 11 is 0. The van der Waals surface area contributed by atoms with Crippen LogP contribution in [0, 0.1) is 0 Å². The number of hydrogen-bond donors (Lipinski definition) is 3. The second-order valence-electron chi connectivity index (χ2n) is 9.59. The zero-order valence-electron chi connectivity index (χ0n) is 21.3. The second kappa shape index (κ2) is 9.83. The number of pyridine rings is 2. The highest BCUT2D eigenvalue weighted by molar-refractivity contribution is 6.07. The Morgan fingerprint density at radius 2 is 1.30 bits per heavy atom. The largest absolute Gasteiger partial charge is 0.338 e. The van der Waals surface area contributed by atoms with Gasteiger partial charge in [-0.1, -0.05) is 24.3 Å². The van der Waals surface area contributed by atoms with E-state index >= 15 is 0 Å². The molecule has 5 heterocycles. The zero-order chi connectivity index (χ0) is 27.1. The van der Waals surface area contributed by atoms with Crippen LogP contribution < -0.4 is 5.32 Å². The first-order valence-electron chi connectivity index (χ1n) is 13.0. The van der Waals surface area contributed by atoms with Gasteiger partial charge < -0.3 is 20.2 Å². The lowest BCUT2D eigenvalue weighted by atomic mass is 10.00. The Labute approximate surface area is 228 Å². The average molecular weight is 529 g/mol. The third-order valence-corrected chi connectivity index (χ3v) is 7.15. The van der Waals surface area contributed by atoms with E-state index in [2.05, 4.69) is 35.2 Å². The van der Waals surface area contributed by atoms with Crippen LogP contribution in [0.25, 0.3) is 44.8 Å². The van der Waals surface area contributed by atoms with Crippen molar-refractivity contribution in [2.45, 2.75) is 6.04 Å². The number of carbonyl (C=O) groups excluding carboxylic acids is 2. The highest BCUT2D eigenvalue weighted by Gasteiger charge is 2.36. The molecule has 40 heavy (non-hydrogen) atoms. The van der Waals surface area contributed by atoms with Crippen molar-refractivity contribution in [1.29, 1.82) is 0 Å². The molecule has 1 atom stereocenters. The molecule has 0 saturated carbocycles. The van der Waals surface area contributed by atoms with Gasteiger partial charge in [-0.3, -0.25) is 19.6 Å². The van der Waals surface area contributed by atoms with Gasteiger partial charge in [0.2, 0.25) is 5.78 Å². The number of nitrogens with zero attached hydrogens (tertiary/aromatic N) is 5. The maximum atomic E-state index is 14.1. The van der Waals surface area contributed by atoms with E-state index in [0.717, 1.165) is 22.1 Å². The predicted molar refractivity (Wildman–Crippen MR) is 151 cm³/mol. The highest BCUT2D eigenvalue weighted by Crippen LogP contribution is 2.27. The molecule has 1 amide bonds. The third kappa shape index (κ3) is 4.11. The molecule has 1 unspecified atom stereocenters. The molecule has 1 aliphatic heterocycles. The monoisotopic (exact) mass is 528 g/mol. The molecule has 1 aliphatic rings. The lowest BCUT2D eigenvalue weighted by Gasteiger charge is -2.35. The molecule has 3 N–H and O–H groups in total. The maximum Gasteiger partial charge on any atom is 0.273 e. The Morgan fingerprint density at radius 3 is 1.93 bits per heavy atom. The first kappa shape index (κ1) is 23.9. The fourth-order valence-corrected chi connectivity index (χ4v) is 5.20. The normalized spacial score (nSPS) is 15.5. The number of benzene rings is 2. The Morgan fingerprint density at radius 1 is 0.725 bits per heavy atom. The van der Waals surface area contributed by atoms with Crippen molar-refractivity contribution in [2.75, 3.05) is 19.6 Å². The van der Waals surface area contributed by atoms with Gasteiger partial charge in [-0.15, -0.1) is 0 Å². The summed E-state index contributed by atoms with van der Waals surface area (Å²) in [4.78, 5) is 54.5. The zero-order valence-corrected chi connectivity index (χ0v) is 21.3. The average Bonchev–Trinajstić information content (AvgIpc) is 3.65. The van der Waals surface area contributed by atoms with Gasteiger partial charge in [-0.2, -0.15) is 0 Å². The van der Waals surface area contributed by atoms with E-state index in [4.69, 9.17) is 0 Å². The number of aromatic nitrogens is 6. The van der Waals surface area contributed by atoms with E-state index in [1.807, 2.05) is 60.7 Å². The van der Waals surface area contributed by atoms with Crippen molar-refractivity contribution in [2.24, 2.45) is 0 Å². The third-order valence-electron chi connectivity index (χ3n) is 7.15. The molecule has 0 aliphatic carbocycles. The molecule has 4 aromatic heterocycles. The number of amides is 1. The molecular weight excluding hydrogens is 504 g/mol. The second-order valence-corrected chi connectivity index (χ2v) is 9.59. The molecule has 1 fully saturated rings. The van der Waals surface area contributed by atoms with Gasteiger partial charge in [-0.05, 0) is 48.5 Å². The van der Waals surface area contributed by atoms with E-state index in [9.17, 15) is 9.59 Å². The lowest BCUT2D eigenvalue weighted by Crippen LogP contribution is -2.57. The maximum absolute atomic E-state index is 14.1. The molecule has 7 rings (SSSR count). The Hall–Kier alpha value is -5.22. The van der Waals surface area contributed by atoms with Crippen molar-refractivity contribution >= 4 is 33.8 Å². The van der Waals surface area contributed by atoms with E-state index in [0.29, 0.717) is 42.4 Å². The van der Waals surface area contributed by atoms with Crippen molar-refractivity contribution in [3.8, 4) is 22.8 Å². The molecule has 2 aromatic carbocycles. The summed E-state index contributed by atoms with van der Waals surface area (Å²) in [5.74, 6) is 0.499. The number of fused-ring (bicyclic) bond motifs is 2. The van der Waals surface area contributed by atoms with Gasteiger partial charge in [0.1, 0.15) is 29.1 Å². The minimum atomic E-state index is -0.773. The lowest BCUT2D eigenvalue weighted by molar-refractivity contribution is 0.0564. The van der Waals surface area contributed by atoms with Crippen molar-refractivity contribution in [3.05, 3.63) is 96.6 Å². The molecule has 10 nitrogen and oxygen atoms in total. The number of Topliss-reactive ketones (excluding diaryl/α,β-unsaturated/α-hetero) is 1. The van der Waals surface area contributed by atoms with Crippen molar-refractivity contribution in [1.82, 2.24) is 40.1 Å². The van der Waals surface area contributed by atoms with Gasteiger partial charge in [0.15, 0.2) is 0 Å². The fraction of sp³-hybridized carbons (Fsp3) is 0.133. The van der Waals surface area contributed by atoms with Crippen LogP contribution >= 0.6 is 0 Å². The van der Waals surface area contributed by atoms with Crippen LogP contribution in [-0.2, 0) is 0 Å². The molecule has 0 bridgehead atoms. The summed E-state index contributed by atoms with van der Waals surface area (Å²) in [7, 11) is 0. The molecule has 10 heteroatoms. The van der Waals surface area contributed by atoms with Crippen LogP contribution in [0.4, 0.5) is 0 Å². The summed E-state index contributed by atoms with van der Waals surface area (Å²) in [6.07, 6.45) is 3.16. The SMILES string of the molecule is O=C(c1ncccc1-c1nc2ccccc2[nH]1)C1CNCCN1C(=O)c1ncccc1-c1nc2ccccc2[nH]1. The van der Waals surface area contributed by atoms with Crippen LogP contribution in [0.3, 0.4) is 0 Å². The number of aromatic amines is 2. The van der Waals surface area contributed by atoms with Crippen molar-refractivity contribution < 1.29 is 9.59 Å². The number of piperazine rings is 1. The summed E-state index contributed by atoms with van der Waals surface area (Å²) < 4.78 is 0. The number of imidazole rings is 2. The van der Waals surface area contributed by atoms with Crippen LogP contribution in [0.5, 0.6) is 0 Å². The fourth-order valence-electron chi connectivity index (χ4n) is 5.20. The molecule has 1 saturated heterocycles. The van der Waals surface area contributed by atoms with Crippen LogP contribution in [-0.4, -0.2) is 72.2 Å². The van der Waals surface area contributed by atoms with E-state index in [-0.39, 0.29) is 23.1 Å². The van der Waals surface area contributed by atoms with E-state index in [1.165, 1.54) is 0 Å². The van der Waals surface area contributed by atoms with Crippen molar-refractivity contribution in [3.63, 3.8) is 0 Å². The van der Waals surface area contributed by atoms with Gasteiger partial charge >= 0.3 is 0 Å². The molecule has 196 valence electrons. The highest BCUT2D eigenvalue weighted by atomic mass is 16.2. The van der Waals surface area contributed by atoms with Gasteiger partial charge in [0.05, 0.1) is 22.1 Å². The summed E-state index contributed by atoms with van der Waals surface area (Å²) in [6, 6.07) is 21.8. The van der Waals surface area contributed by atoms with Gasteiger partial charge in [-0.25, -0.2) is 9.97 Å². The topological polar surface area (TPSA) is 133 Å². The molecular formula is C30H24N8O2. The van der Waals surface area contributed by atoms with Gasteiger partial charge in [0, 0.05) is 43.2 Å². The first-order valence-corrected chi connectivity index (χ1v) is 13.0. The first-order chi connectivity index (χ1) is 19.7. The summed E-state index contributed by atoms with van der Waals surface area (Å²) in [5.41, 5.74) is 4.97. The number of nitrogens with one attached hydrogen (secondary N) is 3. The predicted octanol–water partition coefficient (Wildman–Crippen LogP) is 3.86. The molecule has 0 radical (unpaired) electrons. The van der Waals surface area contributed by atoms with Crippen LogP contribution in [0.15, 0.2) is 85.2 Å². The Bertz CT molecular complexity index is 1690. The molecule has 6 aromatic rings. The van der Waals surface area contributed by atoms with E-state index < -0.39 is 6.04 Å². The standard InChI is InChI=1S/C30H24N8O2/c39-27(25-18(7-5-13-32-25)28-34-20-9-1-2-10-21(20)35-28)24-17-31-15-16-38(24)30(40)26-19(8-6-14-33-26)29-36-22-11-3-4-12-23(22)37-29/h1-14,24,31H,15-17H2,(H,34,35)(H,36,37). The number of rotatable bonds is 5. The van der Waals surface area contributed by atoms with E-state index in [1.54, 1.807) is 29.4 Å². The van der Waals surface area contributed by atoms with Crippen LogP contribution in [0.1, 0.15) is 21.0 Å². The van der Waals surface area contributed by atoms with Gasteiger partial charge in [0.25, 0.3) is 5.91 Å². The minimum Gasteiger partial charge on any atom is -0.338 e. The number of ketones is 1. The number of para-hydroxylation sites is 4. The number of carbonyl (C=O) groups is 2. The Kier molecular flexibility index (Phi) is 5.86. The number of H-pyrrole nitrogens is 2. The number of hydrogen-bond acceptors (Lipinski definition) is 7. The van der Waals surface area contributed by atoms with Crippen LogP contribution in [0.2, 0.25) is 0 Å². The minimum absolute atomic E-state index is 0.236. The Balaban J connectivity index is 1.25. The summed E-state index contributed by atoms with van der Waals surface area (Å²) in [6.45, 7) is 1.20.